The predicted octanol–water partition coefficient (Wildman–Crippen LogP) is 3.51. The van der Waals surface area contributed by atoms with Gasteiger partial charge in [-0.1, -0.05) is 36.2 Å². The average Bonchev–Trinajstić information content (AvgIpc) is 2.44. The van der Waals surface area contributed by atoms with E-state index in [2.05, 4.69) is 42.3 Å². The molecule has 1 N–H and O–H groups in total. The lowest BCUT2D eigenvalue weighted by Gasteiger charge is -2.07. The van der Waals surface area contributed by atoms with Gasteiger partial charge in [0.15, 0.2) is 0 Å². The van der Waals surface area contributed by atoms with Gasteiger partial charge in [0.1, 0.15) is 0 Å². The summed E-state index contributed by atoms with van der Waals surface area (Å²) in [5.41, 5.74) is 5.10. The second-order valence-corrected chi connectivity index (χ2v) is 5.09. The summed E-state index contributed by atoms with van der Waals surface area (Å²) in [5, 5.41) is 2.87. The molecule has 2 rings (SSSR count). The topological polar surface area (TPSA) is 42.0 Å². The number of hydrogen-bond acceptors (Lipinski definition) is 2. The molecule has 0 bridgehead atoms. The highest BCUT2D eigenvalue weighted by atomic mass is 16.1. The number of carbonyl (C=O) groups excluding carboxylic acids is 1. The van der Waals surface area contributed by atoms with Crippen LogP contribution in [0.5, 0.6) is 0 Å². The predicted molar refractivity (Wildman–Crippen MR) is 81.8 cm³/mol. The van der Waals surface area contributed by atoms with Gasteiger partial charge in [-0.3, -0.25) is 9.78 Å². The Labute approximate surface area is 120 Å². The molecule has 0 saturated heterocycles. The van der Waals surface area contributed by atoms with Crippen molar-refractivity contribution in [3.05, 3.63) is 53.3 Å². The van der Waals surface area contributed by atoms with E-state index in [1.165, 1.54) is 11.1 Å². The van der Waals surface area contributed by atoms with Gasteiger partial charge in [-0.2, -0.15) is 0 Å². The number of nitrogens with one attached hydrogen (secondary N) is 1. The van der Waals surface area contributed by atoms with E-state index in [4.69, 9.17) is 0 Å². The van der Waals surface area contributed by atoms with Crippen molar-refractivity contribution in [2.75, 3.05) is 6.54 Å². The number of aromatic nitrogens is 1. The molecule has 0 aliphatic carbocycles. The highest BCUT2D eigenvalue weighted by Gasteiger charge is 2.07. The first-order chi connectivity index (χ1) is 9.60. The molecule has 1 heterocycles. The Morgan fingerprint density at radius 2 is 1.75 bits per heavy atom. The average molecular weight is 268 g/mol. The van der Waals surface area contributed by atoms with Crippen LogP contribution >= 0.6 is 0 Å². The Morgan fingerprint density at radius 3 is 2.40 bits per heavy atom. The van der Waals surface area contributed by atoms with Gasteiger partial charge in [0.05, 0.1) is 5.56 Å². The van der Waals surface area contributed by atoms with Crippen LogP contribution in [0.15, 0.2) is 36.7 Å². The molecule has 0 spiro atoms. The number of amides is 1. The van der Waals surface area contributed by atoms with Gasteiger partial charge in [0.25, 0.3) is 5.91 Å². The van der Waals surface area contributed by atoms with Gasteiger partial charge in [-0.25, -0.2) is 0 Å². The van der Waals surface area contributed by atoms with Crippen LogP contribution in [0.4, 0.5) is 0 Å². The Morgan fingerprint density at radius 1 is 1.05 bits per heavy atom. The molecule has 1 aromatic carbocycles. The molecule has 0 saturated carbocycles. The monoisotopic (exact) mass is 268 g/mol. The van der Waals surface area contributed by atoms with Crippen LogP contribution in [0, 0.1) is 13.8 Å². The van der Waals surface area contributed by atoms with Gasteiger partial charge in [-0.05, 0) is 31.9 Å². The van der Waals surface area contributed by atoms with Crippen molar-refractivity contribution in [3.8, 4) is 11.1 Å². The van der Waals surface area contributed by atoms with E-state index >= 15 is 0 Å². The first-order valence-corrected chi connectivity index (χ1v) is 6.92. The first kappa shape index (κ1) is 14.3. The highest BCUT2D eigenvalue weighted by Crippen LogP contribution is 2.22. The minimum absolute atomic E-state index is 0.0643. The molecule has 104 valence electrons. The maximum Gasteiger partial charge on any atom is 0.252 e. The maximum atomic E-state index is 12.0. The van der Waals surface area contributed by atoms with Crippen molar-refractivity contribution in [2.45, 2.75) is 27.2 Å². The molecule has 0 radical (unpaired) electrons. The van der Waals surface area contributed by atoms with Gasteiger partial charge in [0.2, 0.25) is 0 Å². The SMILES string of the molecule is CCCNC(=O)c1cncc(-c2cc(C)cc(C)c2)c1. The Balaban J connectivity index is 2.31. The summed E-state index contributed by atoms with van der Waals surface area (Å²) < 4.78 is 0. The zero-order valence-electron chi connectivity index (χ0n) is 12.2. The molecule has 2 aromatic rings. The number of rotatable bonds is 4. The molecule has 3 nitrogen and oxygen atoms in total. The van der Waals surface area contributed by atoms with E-state index in [1.54, 1.807) is 12.4 Å². The van der Waals surface area contributed by atoms with Crippen molar-refractivity contribution >= 4 is 5.91 Å². The minimum Gasteiger partial charge on any atom is -0.352 e. The minimum atomic E-state index is -0.0643. The van der Waals surface area contributed by atoms with Crippen LogP contribution in [-0.2, 0) is 0 Å². The third-order valence-corrected chi connectivity index (χ3v) is 3.09. The number of hydrogen-bond donors (Lipinski definition) is 1. The van der Waals surface area contributed by atoms with Crippen LogP contribution in [0.3, 0.4) is 0 Å². The second kappa shape index (κ2) is 6.33. The lowest BCUT2D eigenvalue weighted by molar-refractivity contribution is 0.0953. The normalized spacial score (nSPS) is 10.3. The molecule has 0 aliphatic heterocycles. The van der Waals surface area contributed by atoms with Crippen LogP contribution in [0.1, 0.15) is 34.8 Å². The summed E-state index contributed by atoms with van der Waals surface area (Å²) in [6, 6.07) is 8.25. The molecule has 1 aromatic heterocycles. The van der Waals surface area contributed by atoms with E-state index in [-0.39, 0.29) is 5.91 Å². The van der Waals surface area contributed by atoms with E-state index in [0.29, 0.717) is 12.1 Å². The lowest BCUT2D eigenvalue weighted by Crippen LogP contribution is -2.24. The molecular formula is C17H20N2O. The molecule has 3 heteroatoms. The van der Waals surface area contributed by atoms with Crippen LogP contribution < -0.4 is 5.32 Å². The van der Waals surface area contributed by atoms with Crippen molar-refractivity contribution in [3.63, 3.8) is 0 Å². The van der Waals surface area contributed by atoms with E-state index in [0.717, 1.165) is 17.5 Å². The number of nitrogens with zero attached hydrogens (tertiary/aromatic N) is 1. The summed E-state index contributed by atoms with van der Waals surface area (Å²) in [6.07, 6.45) is 4.33. The molecular weight excluding hydrogens is 248 g/mol. The number of benzene rings is 1. The summed E-state index contributed by atoms with van der Waals surface area (Å²) in [4.78, 5) is 16.2. The summed E-state index contributed by atoms with van der Waals surface area (Å²) in [6.45, 7) is 6.86. The van der Waals surface area contributed by atoms with Crippen molar-refractivity contribution in [1.29, 1.82) is 0 Å². The zero-order valence-corrected chi connectivity index (χ0v) is 12.2. The zero-order chi connectivity index (χ0) is 14.5. The summed E-state index contributed by atoms with van der Waals surface area (Å²) >= 11 is 0. The number of pyridine rings is 1. The molecule has 1 amide bonds. The fourth-order valence-corrected chi connectivity index (χ4v) is 2.20. The Kier molecular flexibility index (Phi) is 4.51. The van der Waals surface area contributed by atoms with E-state index in [9.17, 15) is 4.79 Å². The highest BCUT2D eigenvalue weighted by molar-refractivity contribution is 5.95. The van der Waals surface area contributed by atoms with Crippen molar-refractivity contribution in [1.82, 2.24) is 10.3 Å². The van der Waals surface area contributed by atoms with Gasteiger partial charge < -0.3 is 5.32 Å². The summed E-state index contributed by atoms with van der Waals surface area (Å²) in [5.74, 6) is -0.0643. The van der Waals surface area contributed by atoms with Crippen LogP contribution in [0.2, 0.25) is 0 Å². The number of carbonyl (C=O) groups is 1. The van der Waals surface area contributed by atoms with Crippen LogP contribution in [0.25, 0.3) is 11.1 Å². The third-order valence-electron chi connectivity index (χ3n) is 3.09. The first-order valence-electron chi connectivity index (χ1n) is 6.92. The standard InChI is InChI=1S/C17H20N2O/c1-4-5-19-17(20)16-9-15(10-18-11-16)14-7-12(2)6-13(3)8-14/h6-11H,4-5H2,1-3H3,(H,19,20). The smallest absolute Gasteiger partial charge is 0.252 e. The van der Waals surface area contributed by atoms with Crippen molar-refractivity contribution < 1.29 is 4.79 Å². The third kappa shape index (κ3) is 3.44. The molecule has 0 atom stereocenters. The fraction of sp³-hybridized carbons (Fsp3) is 0.294. The van der Waals surface area contributed by atoms with Crippen molar-refractivity contribution in [2.24, 2.45) is 0 Å². The quantitative estimate of drug-likeness (QED) is 0.922. The van der Waals surface area contributed by atoms with Gasteiger partial charge in [-0.15, -0.1) is 0 Å². The largest absolute Gasteiger partial charge is 0.352 e. The Bertz CT molecular complexity index is 600. The fourth-order valence-electron chi connectivity index (χ4n) is 2.20. The Hall–Kier alpha value is -2.16. The van der Waals surface area contributed by atoms with Crippen LogP contribution in [-0.4, -0.2) is 17.4 Å². The second-order valence-electron chi connectivity index (χ2n) is 5.09. The molecule has 0 unspecified atom stereocenters. The van der Waals surface area contributed by atoms with Gasteiger partial charge in [0, 0.05) is 24.5 Å². The molecule has 0 aliphatic rings. The van der Waals surface area contributed by atoms with Gasteiger partial charge >= 0.3 is 0 Å². The van der Waals surface area contributed by atoms with E-state index < -0.39 is 0 Å². The molecule has 20 heavy (non-hydrogen) atoms. The summed E-state index contributed by atoms with van der Waals surface area (Å²) in [7, 11) is 0. The van der Waals surface area contributed by atoms with E-state index in [1.807, 2.05) is 13.0 Å². The molecule has 0 fully saturated rings. The number of aryl methyl sites for hydroxylation is 2. The lowest BCUT2D eigenvalue weighted by atomic mass is 10.0. The maximum absolute atomic E-state index is 12.0.